The van der Waals surface area contributed by atoms with Crippen molar-refractivity contribution in [1.29, 1.82) is 0 Å². The Morgan fingerprint density at radius 2 is 2.31 bits per heavy atom. The van der Waals surface area contributed by atoms with Crippen LogP contribution >= 0.6 is 12.2 Å². The lowest BCUT2D eigenvalue weighted by molar-refractivity contribution is 0.580. The molecule has 2 N–H and O–H groups in total. The third-order valence-electron chi connectivity index (χ3n) is 2.50. The Morgan fingerprint density at radius 1 is 1.62 bits per heavy atom. The van der Waals surface area contributed by atoms with Crippen molar-refractivity contribution in [3.05, 3.63) is 29.8 Å². The monoisotopic (exact) mass is 196 g/mol. The summed E-state index contributed by atoms with van der Waals surface area (Å²) in [7, 11) is 0. The summed E-state index contributed by atoms with van der Waals surface area (Å²) in [5.41, 5.74) is 6.22. The second-order valence-corrected chi connectivity index (χ2v) is 3.75. The highest BCUT2D eigenvalue weighted by Crippen LogP contribution is 2.48. The van der Waals surface area contributed by atoms with Gasteiger partial charge in [0.1, 0.15) is 0 Å². The topological polar surface area (TPSA) is 38.9 Å². The van der Waals surface area contributed by atoms with E-state index in [0.717, 1.165) is 18.4 Å². The second kappa shape index (κ2) is 2.73. The van der Waals surface area contributed by atoms with Gasteiger partial charge < -0.3 is 5.73 Å². The molecule has 4 heteroatoms. The maximum Gasteiger partial charge on any atom is 0.213 e. The van der Waals surface area contributed by atoms with Crippen LogP contribution in [0.4, 0.5) is 4.39 Å². The fraction of sp³-hybridized carbons (Fsp3) is 0.333. The summed E-state index contributed by atoms with van der Waals surface area (Å²) in [4.78, 5) is 3.95. The van der Waals surface area contributed by atoms with Crippen molar-refractivity contribution >= 4 is 17.2 Å². The van der Waals surface area contributed by atoms with E-state index in [4.69, 9.17) is 18.0 Å². The number of nitrogens with two attached hydrogens (primary N) is 1. The van der Waals surface area contributed by atoms with Gasteiger partial charge in [0, 0.05) is 11.6 Å². The first kappa shape index (κ1) is 8.56. The Morgan fingerprint density at radius 3 is 2.77 bits per heavy atom. The van der Waals surface area contributed by atoms with E-state index in [0.29, 0.717) is 4.99 Å². The van der Waals surface area contributed by atoms with E-state index in [2.05, 4.69) is 4.98 Å². The second-order valence-electron chi connectivity index (χ2n) is 3.31. The number of nitrogens with zero attached hydrogens (tertiary/aromatic N) is 1. The van der Waals surface area contributed by atoms with E-state index in [1.165, 1.54) is 12.3 Å². The van der Waals surface area contributed by atoms with E-state index < -0.39 is 5.95 Å². The third-order valence-corrected chi connectivity index (χ3v) is 2.89. The fourth-order valence-electron chi connectivity index (χ4n) is 1.50. The SMILES string of the molecule is NC(=S)C1(c2ccnc(F)c2)CC1. The standard InChI is InChI=1S/C9H9FN2S/c10-7-5-6(1-4-12-7)9(2-3-9)8(11)13/h1,4-5H,2-3H2,(H2,11,13). The van der Waals surface area contributed by atoms with Gasteiger partial charge in [-0.15, -0.1) is 0 Å². The lowest BCUT2D eigenvalue weighted by atomic mass is 9.97. The zero-order valence-electron chi connectivity index (χ0n) is 6.96. The normalized spacial score (nSPS) is 18.2. The lowest BCUT2D eigenvalue weighted by Gasteiger charge is -2.12. The first-order valence-corrected chi connectivity index (χ1v) is 4.48. The molecule has 2 rings (SSSR count). The summed E-state index contributed by atoms with van der Waals surface area (Å²) in [6.45, 7) is 0. The zero-order valence-corrected chi connectivity index (χ0v) is 7.77. The molecule has 13 heavy (non-hydrogen) atoms. The Kier molecular flexibility index (Phi) is 1.80. The van der Waals surface area contributed by atoms with Gasteiger partial charge in [-0.3, -0.25) is 0 Å². The van der Waals surface area contributed by atoms with Crippen molar-refractivity contribution < 1.29 is 4.39 Å². The van der Waals surface area contributed by atoms with E-state index in [9.17, 15) is 4.39 Å². The van der Waals surface area contributed by atoms with Crippen molar-refractivity contribution in [2.24, 2.45) is 5.73 Å². The molecule has 0 amide bonds. The lowest BCUT2D eigenvalue weighted by Crippen LogP contribution is -2.26. The summed E-state index contributed by atoms with van der Waals surface area (Å²) in [6.07, 6.45) is 3.29. The van der Waals surface area contributed by atoms with Crippen LogP contribution in [0.1, 0.15) is 18.4 Å². The number of hydrogen-bond acceptors (Lipinski definition) is 2. The third kappa shape index (κ3) is 1.31. The van der Waals surface area contributed by atoms with Gasteiger partial charge in [-0.25, -0.2) is 4.98 Å². The Balaban J connectivity index is 2.41. The van der Waals surface area contributed by atoms with Gasteiger partial charge in [0.25, 0.3) is 0 Å². The molecule has 1 aromatic rings. The number of aromatic nitrogens is 1. The van der Waals surface area contributed by atoms with Crippen molar-refractivity contribution in [3.8, 4) is 0 Å². The molecule has 1 aromatic heterocycles. The van der Waals surface area contributed by atoms with Crippen molar-refractivity contribution in [2.45, 2.75) is 18.3 Å². The van der Waals surface area contributed by atoms with Crippen LogP contribution in [0.2, 0.25) is 0 Å². The number of pyridine rings is 1. The first-order valence-electron chi connectivity index (χ1n) is 4.07. The molecule has 1 aliphatic rings. The van der Waals surface area contributed by atoms with Crippen LogP contribution in [0.25, 0.3) is 0 Å². The van der Waals surface area contributed by atoms with Gasteiger partial charge in [-0.05, 0) is 30.5 Å². The molecule has 0 unspecified atom stereocenters. The summed E-state index contributed by atoms with van der Waals surface area (Å²) in [5.74, 6) is -0.472. The smallest absolute Gasteiger partial charge is 0.213 e. The zero-order chi connectivity index (χ0) is 9.47. The average molecular weight is 196 g/mol. The average Bonchev–Trinajstić information content (AvgIpc) is 2.83. The van der Waals surface area contributed by atoms with Crippen LogP contribution in [-0.4, -0.2) is 9.97 Å². The molecule has 0 atom stereocenters. The molecule has 68 valence electrons. The molecule has 2 nitrogen and oxygen atoms in total. The molecule has 0 saturated heterocycles. The highest BCUT2D eigenvalue weighted by molar-refractivity contribution is 7.80. The highest BCUT2D eigenvalue weighted by Gasteiger charge is 2.47. The predicted octanol–water partition coefficient (Wildman–Crippen LogP) is 1.54. The Labute approximate surface area is 81.0 Å². The summed E-state index contributed by atoms with van der Waals surface area (Å²) in [6, 6.07) is 3.18. The fourth-order valence-corrected chi connectivity index (χ4v) is 1.82. The molecule has 0 aromatic carbocycles. The predicted molar refractivity (Wildman–Crippen MR) is 51.9 cm³/mol. The largest absolute Gasteiger partial charge is 0.393 e. The van der Waals surface area contributed by atoms with Gasteiger partial charge in [0.15, 0.2) is 0 Å². The van der Waals surface area contributed by atoms with Gasteiger partial charge >= 0.3 is 0 Å². The van der Waals surface area contributed by atoms with Crippen LogP contribution in [-0.2, 0) is 5.41 Å². The maximum atomic E-state index is 12.8. The molecule has 0 aliphatic heterocycles. The molecule has 1 heterocycles. The summed E-state index contributed by atoms with van der Waals surface area (Å²) >= 11 is 4.95. The number of hydrogen-bond donors (Lipinski definition) is 1. The summed E-state index contributed by atoms with van der Waals surface area (Å²) < 4.78 is 12.8. The molecule has 0 spiro atoms. The molecular weight excluding hydrogens is 187 g/mol. The molecule has 1 fully saturated rings. The van der Waals surface area contributed by atoms with Gasteiger partial charge in [0.2, 0.25) is 5.95 Å². The van der Waals surface area contributed by atoms with E-state index in [1.54, 1.807) is 6.07 Å². The molecular formula is C9H9FN2S. The number of thiocarbonyl (C=S) groups is 1. The Hall–Kier alpha value is -1.03. The van der Waals surface area contributed by atoms with E-state index >= 15 is 0 Å². The van der Waals surface area contributed by atoms with Crippen molar-refractivity contribution in [3.63, 3.8) is 0 Å². The summed E-state index contributed by atoms with van der Waals surface area (Å²) in [5, 5.41) is 0. The first-order chi connectivity index (χ1) is 6.15. The van der Waals surface area contributed by atoms with E-state index in [1.807, 2.05) is 0 Å². The molecule has 1 aliphatic carbocycles. The van der Waals surface area contributed by atoms with E-state index in [-0.39, 0.29) is 5.41 Å². The van der Waals surface area contributed by atoms with Crippen molar-refractivity contribution in [2.75, 3.05) is 0 Å². The minimum atomic E-state index is -0.472. The maximum absolute atomic E-state index is 12.8. The van der Waals surface area contributed by atoms with Crippen LogP contribution in [0.15, 0.2) is 18.3 Å². The van der Waals surface area contributed by atoms with Crippen LogP contribution in [0.3, 0.4) is 0 Å². The van der Waals surface area contributed by atoms with Crippen LogP contribution in [0.5, 0.6) is 0 Å². The van der Waals surface area contributed by atoms with Crippen LogP contribution in [0, 0.1) is 5.95 Å². The van der Waals surface area contributed by atoms with Crippen molar-refractivity contribution in [1.82, 2.24) is 4.98 Å². The highest BCUT2D eigenvalue weighted by atomic mass is 32.1. The van der Waals surface area contributed by atoms with Gasteiger partial charge in [0.05, 0.1) is 4.99 Å². The number of halogens is 1. The van der Waals surface area contributed by atoms with Gasteiger partial charge in [-0.1, -0.05) is 12.2 Å². The quantitative estimate of drug-likeness (QED) is 0.576. The number of rotatable bonds is 2. The molecule has 0 bridgehead atoms. The molecule has 1 saturated carbocycles. The minimum absolute atomic E-state index is 0.237. The minimum Gasteiger partial charge on any atom is -0.393 e. The Bertz CT molecular complexity index is 360. The van der Waals surface area contributed by atoms with Gasteiger partial charge in [-0.2, -0.15) is 4.39 Å². The van der Waals surface area contributed by atoms with Crippen LogP contribution < -0.4 is 5.73 Å². The molecule has 0 radical (unpaired) electrons.